The van der Waals surface area contributed by atoms with E-state index in [-0.39, 0.29) is 35.1 Å². The molecule has 0 aliphatic heterocycles. The fourth-order valence-corrected chi connectivity index (χ4v) is 4.91. The second-order valence-corrected chi connectivity index (χ2v) is 10.9. The van der Waals surface area contributed by atoms with Crippen molar-refractivity contribution in [3.8, 4) is 28.3 Å². The molecule has 11 heteroatoms. The smallest absolute Gasteiger partial charge is 0.271 e. The third kappa shape index (κ3) is 7.21. The topological polar surface area (TPSA) is 129 Å². The molecule has 0 saturated heterocycles. The lowest BCUT2D eigenvalue weighted by atomic mass is 9.94. The lowest BCUT2D eigenvalue weighted by Crippen LogP contribution is -2.29. The van der Waals surface area contributed by atoms with Gasteiger partial charge in [0.2, 0.25) is 0 Å². The van der Waals surface area contributed by atoms with Crippen LogP contribution in [0.2, 0.25) is 0 Å². The van der Waals surface area contributed by atoms with Crippen LogP contribution < -0.4 is 20.3 Å². The fourth-order valence-electron chi connectivity index (χ4n) is 4.91. The summed E-state index contributed by atoms with van der Waals surface area (Å²) in [5.41, 5.74) is 0.926. The number of aromatic amines is 1. The van der Waals surface area contributed by atoms with Crippen LogP contribution in [0.5, 0.6) is 11.5 Å². The number of nitrogens with one attached hydrogen (secondary N) is 3. The number of pyridine rings is 1. The van der Waals surface area contributed by atoms with Gasteiger partial charge in [-0.1, -0.05) is 18.2 Å². The minimum Gasteiger partial charge on any atom is -0.493 e. The molecule has 0 fully saturated rings. The Balaban J connectivity index is 1.41. The molecule has 5 rings (SSSR count). The van der Waals surface area contributed by atoms with Crippen LogP contribution in [0.1, 0.15) is 42.4 Å². The summed E-state index contributed by atoms with van der Waals surface area (Å²) in [6.07, 6.45) is 5.47. The molecule has 0 saturated carbocycles. The van der Waals surface area contributed by atoms with Gasteiger partial charge < -0.3 is 30.3 Å². The first kappa shape index (κ1) is 32.6. The summed E-state index contributed by atoms with van der Waals surface area (Å²) in [5.74, 6) is -2.14. The highest BCUT2D eigenvalue weighted by atomic mass is 19.1. The third-order valence-electron chi connectivity index (χ3n) is 7.20. The predicted molar refractivity (Wildman–Crippen MR) is 176 cm³/mol. The summed E-state index contributed by atoms with van der Waals surface area (Å²) in [4.78, 5) is 29.8. The number of amides is 1. The predicted octanol–water partition coefficient (Wildman–Crippen LogP) is 7.06. The molecule has 240 valence electrons. The normalized spacial score (nSPS) is 11.7. The van der Waals surface area contributed by atoms with Gasteiger partial charge in [0.05, 0.1) is 17.9 Å². The van der Waals surface area contributed by atoms with Crippen LogP contribution >= 0.6 is 0 Å². The number of carbonyl (C=O) groups excluding carboxylic acids is 1. The zero-order valence-corrected chi connectivity index (χ0v) is 25.8. The quantitative estimate of drug-likeness (QED) is 0.0910. The number of hydrogen-bond acceptors (Lipinski definition) is 6. The van der Waals surface area contributed by atoms with Crippen LogP contribution in [0.25, 0.3) is 22.6 Å². The van der Waals surface area contributed by atoms with Gasteiger partial charge >= 0.3 is 0 Å². The number of ether oxygens (including phenoxy) is 2. The number of allylic oxidation sites excluding steroid dienone is 1. The van der Waals surface area contributed by atoms with Gasteiger partial charge in [0.1, 0.15) is 17.1 Å². The zero-order valence-electron chi connectivity index (χ0n) is 25.8. The number of aromatic nitrogens is 2. The minimum absolute atomic E-state index is 0.0325. The Kier molecular flexibility index (Phi) is 9.48. The van der Waals surface area contributed by atoms with Gasteiger partial charge in [-0.2, -0.15) is 0 Å². The Bertz CT molecular complexity index is 2020. The molecule has 0 radical (unpaired) electrons. The Hall–Kier alpha value is -5.81. The van der Waals surface area contributed by atoms with Crippen LogP contribution in [-0.4, -0.2) is 33.4 Å². The molecule has 2 aromatic heterocycles. The molecule has 0 aliphatic rings. The molecule has 9 nitrogen and oxygen atoms in total. The first-order valence-corrected chi connectivity index (χ1v) is 14.6. The number of H-pyrrole nitrogens is 1. The van der Waals surface area contributed by atoms with Gasteiger partial charge in [-0.15, -0.1) is 0 Å². The summed E-state index contributed by atoms with van der Waals surface area (Å²) < 4.78 is 41.5. The summed E-state index contributed by atoms with van der Waals surface area (Å²) in [6.45, 7) is 5.25. The Morgan fingerprint density at radius 1 is 1.04 bits per heavy atom. The van der Waals surface area contributed by atoms with E-state index in [4.69, 9.17) is 14.9 Å². The van der Waals surface area contributed by atoms with Crippen molar-refractivity contribution in [2.75, 3.05) is 11.9 Å². The lowest BCUT2D eigenvalue weighted by Gasteiger charge is -2.19. The first-order chi connectivity index (χ1) is 22.5. The molecule has 47 heavy (non-hydrogen) atoms. The van der Waals surface area contributed by atoms with Crippen LogP contribution in [-0.2, 0) is 5.60 Å². The molecule has 0 unspecified atom stereocenters. The highest BCUT2D eigenvalue weighted by Crippen LogP contribution is 2.33. The molecule has 0 bridgehead atoms. The molecule has 3 aromatic carbocycles. The molecule has 0 spiro atoms. The highest BCUT2D eigenvalue weighted by Gasteiger charge is 2.22. The average molecular weight is 639 g/mol. The largest absolute Gasteiger partial charge is 0.493 e. The summed E-state index contributed by atoms with van der Waals surface area (Å²) in [6, 6.07) is 19.5. The van der Waals surface area contributed by atoms with Gasteiger partial charge in [0, 0.05) is 47.7 Å². The van der Waals surface area contributed by atoms with Gasteiger partial charge in [0.15, 0.2) is 17.3 Å². The Morgan fingerprint density at radius 2 is 1.81 bits per heavy atom. The molecule has 1 amide bonds. The van der Waals surface area contributed by atoms with E-state index in [1.54, 1.807) is 33.0 Å². The molecular formula is C36H32F2N4O5. The van der Waals surface area contributed by atoms with Crippen molar-refractivity contribution in [2.45, 2.75) is 26.4 Å². The van der Waals surface area contributed by atoms with Crippen molar-refractivity contribution in [2.24, 2.45) is 0 Å². The van der Waals surface area contributed by atoms with Crippen molar-refractivity contribution in [1.82, 2.24) is 9.55 Å². The second kappa shape index (κ2) is 13.7. The van der Waals surface area contributed by atoms with Crippen molar-refractivity contribution in [1.29, 1.82) is 5.41 Å². The number of carbonyl (C=O) groups is 1. The van der Waals surface area contributed by atoms with Crippen LogP contribution in [0, 0.1) is 17.0 Å². The van der Waals surface area contributed by atoms with Crippen molar-refractivity contribution >= 4 is 23.6 Å². The minimum atomic E-state index is -1.07. The maximum Gasteiger partial charge on any atom is 0.271 e. The van der Waals surface area contributed by atoms with Gasteiger partial charge in [-0.05, 0) is 86.5 Å². The van der Waals surface area contributed by atoms with E-state index in [0.29, 0.717) is 22.5 Å². The molecular weight excluding hydrogens is 606 g/mol. The van der Waals surface area contributed by atoms with Gasteiger partial charge in [0.25, 0.3) is 11.5 Å². The monoisotopic (exact) mass is 638 g/mol. The lowest BCUT2D eigenvalue weighted by molar-refractivity contribution is 0.0786. The number of benzene rings is 3. The average Bonchev–Trinajstić information content (AvgIpc) is 3.53. The van der Waals surface area contributed by atoms with E-state index in [1.807, 2.05) is 24.3 Å². The zero-order chi connectivity index (χ0) is 33.7. The number of halogens is 2. The van der Waals surface area contributed by atoms with Crippen LogP contribution in [0.4, 0.5) is 14.5 Å². The van der Waals surface area contributed by atoms with E-state index in [9.17, 15) is 19.1 Å². The molecule has 0 atom stereocenters. The fraction of sp³-hybridized carbons (Fsp3) is 0.139. The van der Waals surface area contributed by atoms with Crippen molar-refractivity contribution in [3.05, 3.63) is 136 Å². The van der Waals surface area contributed by atoms with Gasteiger partial charge in [-0.25, -0.2) is 8.78 Å². The van der Waals surface area contributed by atoms with Crippen molar-refractivity contribution < 1.29 is 28.2 Å². The number of anilines is 1. The number of aliphatic hydroxyl groups is 1. The van der Waals surface area contributed by atoms with E-state index < -0.39 is 28.7 Å². The van der Waals surface area contributed by atoms with Crippen molar-refractivity contribution in [3.63, 3.8) is 0 Å². The SMILES string of the molecule is CCOc1ccn(-c2ccc(F)cc2)c(=O)c1C(=O)Nc1ccc(O/C(=C/C=N)c2[nH]ccc2-c2cccc(C(C)(C)O)c2)c(F)c1. The number of rotatable bonds is 11. The van der Waals surface area contributed by atoms with E-state index in [2.05, 4.69) is 10.3 Å². The number of nitrogens with zero attached hydrogens (tertiary/aromatic N) is 1. The Morgan fingerprint density at radius 3 is 2.49 bits per heavy atom. The number of hydrogen-bond donors (Lipinski definition) is 4. The van der Waals surface area contributed by atoms with E-state index in [1.165, 1.54) is 59.3 Å². The third-order valence-corrected chi connectivity index (χ3v) is 7.20. The second-order valence-electron chi connectivity index (χ2n) is 10.9. The van der Waals surface area contributed by atoms with Crippen LogP contribution in [0.3, 0.4) is 0 Å². The molecule has 5 aromatic rings. The summed E-state index contributed by atoms with van der Waals surface area (Å²) in [5, 5.41) is 20.7. The summed E-state index contributed by atoms with van der Waals surface area (Å²) in [7, 11) is 0. The van der Waals surface area contributed by atoms with E-state index in [0.717, 1.165) is 17.8 Å². The molecule has 2 heterocycles. The standard InChI is InChI=1S/C36H32F2N4O5/c1-4-46-30-16-19-42(26-11-8-24(37)9-12-26)35(44)32(30)34(43)41-25-10-13-29(28(38)21-25)47-31(14-17-39)33-27(15-18-40-33)22-6-5-7-23(20-22)36(2,3)45/h5-21,39-40,45H,4H2,1-3H3,(H,41,43)/b31-14+,39-17?. The molecule has 0 aliphatic carbocycles. The molecule has 4 N–H and O–H groups in total. The highest BCUT2D eigenvalue weighted by molar-refractivity contribution is 6.06. The summed E-state index contributed by atoms with van der Waals surface area (Å²) >= 11 is 0. The first-order valence-electron chi connectivity index (χ1n) is 14.6. The maximum absolute atomic E-state index is 15.4. The Labute approximate surface area is 269 Å². The van der Waals surface area contributed by atoms with Crippen LogP contribution in [0.15, 0.2) is 102 Å². The van der Waals surface area contributed by atoms with E-state index >= 15 is 4.39 Å². The van der Waals surface area contributed by atoms with Gasteiger partial charge in [-0.3, -0.25) is 14.2 Å². The maximum atomic E-state index is 15.4.